The molecule has 3 rings (SSSR count). The van der Waals surface area contributed by atoms with E-state index in [1.165, 1.54) is 13.2 Å². The highest BCUT2D eigenvalue weighted by atomic mass is 16.5. The predicted molar refractivity (Wildman–Crippen MR) is 115 cm³/mol. The molecule has 0 aliphatic carbocycles. The van der Waals surface area contributed by atoms with Gasteiger partial charge in [0.15, 0.2) is 5.78 Å². The van der Waals surface area contributed by atoms with Gasteiger partial charge in [0.05, 0.1) is 13.7 Å². The molecule has 0 amide bonds. The Balaban J connectivity index is 1.68. The molecule has 0 saturated carbocycles. The lowest BCUT2D eigenvalue weighted by Crippen LogP contribution is -2.10. The molecule has 30 heavy (non-hydrogen) atoms. The van der Waals surface area contributed by atoms with Crippen LogP contribution in [0.25, 0.3) is 6.08 Å². The van der Waals surface area contributed by atoms with E-state index in [-0.39, 0.29) is 5.78 Å². The fourth-order valence-electron chi connectivity index (χ4n) is 2.83. The minimum atomic E-state index is -0.529. The third-order valence-electron chi connectivity index (χ3n) is 4.31. The van der Waals surface area contributed by atoms with E-state index in [0.29, 0.717) is 29.2 Å². The van der Waals surface area contributed by atoms with Crippen LogP contribution < -0.4 is 14.2 Å². The summed E-state index contributed by atoms with van der Waals surface area (Å²) in [6.45, 7) is 2.46. The van der Waals surface area contributed by atoms with Crippen LogP contribution in [0.1, 0.15) is 33.2 Å². The smallest absolute Gasteiger partial charge is 0.347 e. The normalized spacial score (nSPS) is 10.6. The summed E-state index contributed by atoms with van der Waals surface area (Å²) < 4.78 is 16.1. The molecule has 0 bridgehead atoms. The van der Waals surface area contributed by atoms with Crippen LogP contribution in [0, 0.1) is 0 Å². The molecular weight excluding hydrogens is 380 g/mol. The first-order valence-corrected chi connectivity index (χ1v) is 9.52. The van der Waals surface area contributed by atoms with E-state index in [9.17, 15) is 9.59 Å². The number of rotatable bonds is 8. The summed E-state index contributed by atoms with van der Waals surface area (Å²) in [5.74, 6) is 0.811. The molecule has 0 fully saturated rings. The number of hydrogen-bond acceptors (Lipinski definition) is 5. The molecule has 0 aromatic heterocycles. The Morgan fingerprint density at radius 2 is 1.53 bits per heavy atom. The number of carbonyl (C=O) groups excluding carboxylic acids is 2. The van der Waals surface area contributed by atoms with Gasteiger partial charge in [-0.15, -0.1) is 0 Å². The zero-order valence-corrected chi connectivity index (χ0v) is 16.8. The van der Waals surface area contributed by atoms with E-state index in [1.54, 1.807) is 54.6 Å². The lowest BCUT2D eigenvalue weighted by molar-refractivity contribution is 0.0731. The van der Waals surface area contributed by atoms with Gasteiger partial charge in [0.2, 0.25) is 0 Å². The number of para-hydroxylation sites is 2. The molecule has 0 aliphatic rings. The third-order valence-corrected chi connectivity index (χ3v) is 4.31. The number of ether oxygens (including phenoxy) is 3. The molecule has 0 heterocycles. The average Bonchev–Trinajstić information content (AvgIpc) is 2.79. The van der Waals surface area contributed by atoms with Gasteiger partial charge in [-0.1, -0.05) is 30.3 Å². The summed E-state index contributed by atoms with van der Waals surface area (Å²) in [7, 11) is 1.49. The molecule has 0 unspecified atom stereocenters. The van der Waals surface area contributed by atoms with Crippen molar-refractivity contribution in [1.29, 1.82) is 0 Å². The maximum absolute atomic E-state index is 12.5. The first-order valence-electron chi connectivity index (χ1n) is 9.52. The van der Waals surface area contributed by atoms with Crippen molar-refractivity contribution in [3.63, 3.8) is 0 Å². The van der Waals surface area contributed by atoms with Gasteiger partial charge in [0, 0.05) is 11.1 Å². The maximum Gasteiger partial charge on any atom is 0.347 e. The Hall–Kier alpha value is -3.86. The van der Waals surface area contributed by atoms with Crippen LogP contribution in [0.15, 0.2) is 78.9 Å². The summed E-state index contributed by atoms with van der Waals surface area (Å²) >= 11 is 0. The first kappa shape index (κ1) is 20.9. The van der Waals surface area contributed by atoms with Gasteiger partial charge in [0.1, 0.15) is 22.8 Å². The van der Waals surface area contributed by atoms with E-state index < -0.39 is 5.97 Å². The highest BCUT2D eigenvalue weighted by Crippen LogP contribution is 2.22. The van der Waals surface area contributed by atoms with Gasteiger partial charge < -0.3 is 14.2 Å². The fourth-order valence-corrected chi connectivity index (χ4v) is 2.83. The molecule has 0 aliphatic heterocycles. The molecule has 0 N–H and O–H groups in total. The van der Waals surface area contributed by atoms with Gasteiger partial charge in [-0.3, -0.25) is 4.79 Å². The molecule has 0 radical (unpaired) electrons. The van der Waals surface area contributed by atoms with Crippen molar-refractivity contribution < 1.29 is 23.8 Å². The summed E-state index contributed by atoms with van der Waals surface area (Å²) in [4.78, 5) is 24.8. The Kier molecular flexibility index (Phi) is 7.00. The molecule has 0 atom stereocenters. The van der Waals surface area contributed by atoms with E-state index in [1.807, 2.05) is 31.2 Å². The van der Waals surface area contributed by atoms with Crippen molar-refractivity contribution in [2.75, 3.05) is 13.7 Å². The van der Waals surface area contributed by atoms with E-state index in [0.717, 1.165) is 11.3 Å². The number of allylic oxidation sites excluding steroid dienone is 1. The predicted octanol–water partition coefficient (Wildman–Crippen LogP) is 5.21. The highest BCUT2D eigenvalue weighted by Gasteiger charge is 2.14. The SMILES string of the molecule is CCOc1ccccc1/C=C/C(=O)c1ccc(OC(=O)c2ccccc2OC)cc1. The molecule has 152 valence electrons. The van der Waals surface area contributed by atoms with E-state index >= 15 is 0 Å². The Morgan fingerprint density at radius 3 is 2.23 bits per heavy atom. The minimum Gasteiger partial charge on any atom is -0.496 e. The van der Waals surface area contributed by atoms with Crippen LogP contribution in [0.3, 0.4) is 0 Å². The van der Waals surface area contributed by atoms with E-state index in [4.69, 9.17) is 14.2 Å². The summed E-state index contributed by atoms with van der Waals surface area (Å²) in [6, 6.07) is 20.7. The number of ketones is 1. The van der Waals surface area contributed by atoms with Crippen LogP contribution in [0.2, 0.25) is 0 Å². The lowest BCUT2D eigenvalue weighted by Gasteiger charge is -2.08. The largest absolute Gasteiger partial charge is 0.496 e. The van der Waals surface area contributed by atoms with Gasteiger partial charge in [-0.2, -0.15) is 0 Å². The van der Waals surface area contributed by atoms with Gasteiger partial charge >= 0.3 is 5.97 Å². The summed E-state index contributed by atoms with van der Waals surface area (Å²) in [5.41, 5.74) is 1.64. The second kappa shape index (κ2) is 10.1. The van der Waals surface area contributed by atoms with Crippen molar-refractivity contribution in [1.82, 2.24) is 0 Å². The number of esters is 1. The Bertz CT molecular complexity index is 1050. The molecule has 0 spiro atoms. The van der Waals surface area contributed by atoms with Crippen LogP contribution >= 0.6 is 0 Å². The third kappa shape index (κ3) is 5.14. The van der Waals surface area contributed by atoms with Gasteiger partial charge in [0.25, 0.3) is 0 Å². The number of benzene rings is 3. The van der Waals surface area contributed by atoms with Crippen molar-refractivity contribution in [3.05, 3.63) is 95.6 Å². The summed E-state index contributed by atoms with van der Waals surface area (Å²) in [6.07, 6.45) is 3.22. The lowest BCUT2D eigenvalue weighted by atomic mass is 10.1. The van der Waals surface area contributed by atoms with Crippen molar-refractivity contribution in [3.8, 4) is 17.2 Å². The minimum absolute atomic E-state index is 0.163. The van der Waals surface area contributed by atoms with Crippen LogP contribution in [-0.4, -0.2) is 25.5 Å². The van der Waals surface area contributed by atoms with Gasteiger partial charge in [-0.05, 0) is 61.5 Å². The van der Waals surface area contributed by atoms with Crippen LogP contribution in [0.4, 0.5) is 0 Å². The highest BCUT2D eigenvalue weighted by molar-refractivity contribution is 6.07. The molecule has 5 nitrogen and oxygen atoms in total. The quantitative estimate of drug-likeness (QED) is 0.224. The van der Waals surface area contributed by atoms with Crippen molar-refractivity contribution in [2.24, 2.45) is 0 Å². The second-order valence-corrected chi connectivity index (χ2v) is 6.28. The maximum atomic E-state index is 12.5. The van der Waals surface area contributed by atoms with Crippen LogP contribution in [0.5, 0.6) is 17.2 Å². The number of methoxy groups -OCH3 is 1. The second-order valence-electron chi connectivity index (χ2n) is 6.28. The topological polar surface area (TPSA) is 61.8 Å². The average molecular weight is 402 g/mol. The van der Waals surface area contributed by atoms with E-state index in [2.05, 4.69) is 0 Å². The van der Waals surface area contributed by atoms with Gasteiger partial charge in [-0.25, -0.2) is 4.79 Å². The first-order chi connectivity index (χ1) is 14.6. The van der Waals surface area contributed by atoms with Crippen molar-refractivity contribution in [2.45, 2.75) is 6.92 Å². The molecule has 5 heteroatoms. The summed E-state index contributed by atoms with van der Waals surface area (Å²) in [5, 5.41) is 0. The standard InChI is InChI=1S/C25H22O5/c1-3-29-23-10-6-4-8-19(23)14-17-22(26)18-12-15-20(16-13-18)30-25(27)21-9-5-7-11-24(21)28-2/h4-17H,3H2,1-2H3/b17-14+. The molecule has 3 aromatic carbocycles. The molecular formula is C25H22O5. The van der Waals surface area contributed by atoms with Crippen LogP contribution in [-0.2, 0) is 0 Å². The molecule has 0 saturated heterocycles. The number of hydrogen-bond donors (Lipinski definition) is 0. The zero-order valence-electron chi connectivity index (χ0n) is 16.8. The monoisotopic (exact) mass is 402 g/mol. The molecule has 3 aromatic rings. The Morgan fingerprint density at radius 1 is 0.867 bits per heavy atom. The fraction of sp³-hybridized carbons (Fsp3) is 0.120. The zero-order chi connectivity index (χ0) is 21.3. The number of carbonyl (C=O) groups is 2. The Labute approximate surface area is 175 Å². The van der Waals surface area contributed by atoms with Crippen molar-refractivity contribution >= 4 is 17.8 Å².